The number of rotatable bonds is 9. The highest BCUT2D eigenvalue weighted by Gasteiger charge is 2.56. The highest BCUT2D eigenvalue weighted by Crippen LogP contribution is 2.53. The number of carbonyl (C=O) groups is 4. The minimum atomic E-state index is -1.75. The summed E-state index contributed by atoms with van der Waals surface area (Å²) in [6.07, 6.45) is 3.38. The van der Waals surface area contributed by atoms with Crippen LogP contribution in [0.5, 0.6) is 5.75 Å². The topological polar surface area (TPSA) is 153 Å². The van der Waals surface area contributed by atoms with Crippen molar-refractivity contribution >= 4 is 41.2 Å². The number of allylic oxidation sites excluding steroid dienone is 3. The van der Waals surface area contributed by atoms with Crippen LogP contribution < -0.4 is 15.0 Å². The molecule has 1 saturated carbocycles. The second kappa shape index (κ2) is 16.8. The Labute approximate surface area is 305 Å². The SMILES string of the molecule is CCOCCC(=O)N(C)[C@H](C)C(=O)O[C@H]1CC(=O)N(C)c2cc(cc(OC)c2Cl)C/C(C)=C/C=C/[C@@H](OC)[C@@]2(O)C[C@H](OC(=O)N2)C2CC1(C)C2. The van der Waals surface area contributed by atoms with Crippen molar-refractivity contribution in [2.24, 2.45) is 11.3 Å². The molecule has 13 nitrogen and oxygen atoms in total. The van der Waals surface area contributed by atoms with E-state index in [1.54, 1.807) is 32.2 Å². The summed E-state index contributed by atoms with van der Waals surface area (Å²) in [7, 11) is 6.09. The lowest BCUT2D eigenvalue weighted by molar-refractivity contribution is -0.184. The smallest absolute Gasteiger partial charge is 0.409 e. The number of benzene rings is 1. The van der Waals surface area contributed by atoms with Gasteiger partial charge in [0.25, 0.3) is 0 Å². The van der Waals surface area contributed by atoms with Crippen molar-refractivity contribution in [2.75, 3.05) is 46.4 Å². The number of carbonyl (C=O) groups excluding carboxylic acids is 4. The fraction of sp³-hybridized carbons (Fsp3) is 0.622. The van der Waals surface area contributed by atoms with Crippen LogP contribution in [0.2, 0.25) is 5.02 Å². The predicted molar refractivity (Wildman–Crippen MR) is 190 cm³/mol. The van der Waals surface area contributed by atoms with Crippen LogP contribution in [-0.2, 0) is 39.8 Å². The molecule has 3 heterocycles. The summed E-state index contributed by atoms with van der Waals surface area (Å²) in [6, 6.07) is 2.69. The highest BCUT2D eigenvalue weighted by molar-refractivity contribution is 6.35. The fourth-order valence-electron chi connectivity index (χ4n) is 7.08. The molecule has 0 aromatic heterocycles. The molecule has 0 spiro atoms. The lowest BCUT2D eigenvalue weighted by atomic mass is 9.57. The van der Waals surface area contributed by atoms with Gasteiger partial charge in [-0.15, -0.1) is 0 Å². The van der Waals surface area contributed by atoms with Crippen molar-refractivity contribution < 1.29 is 48.0 Å². The van der Waals surface area contributed by atoms with E-state index in [2.05, 4.69) is 5.32 Å². The summed E-state index contributed by atoms with van der Waals surface area (Å²) >= 11 is 6.75. The van der Waals surface area contributed by atoms with Crippen LogP contribution in [0, 0.1) is 11.3 Å². The number of hydrogen-bond donors (Lipinski definition) is 2. The van der Waals surface area contributed by atoms with Crippen LogP contribution in [-0.4, -0.2) is 105 Å². The van der Waals surface area contributed by atoms with Crippen LogP contribution in [0.15, 0.2) is 35.9 Å². The van der Waals surface area contributed by atoms with Crippen LogP contribution in [0.1, 0.15) is 65.4 Å². The predicted octanol–water partition coefficient (Wildman–Crippen LogP) is 4.56. The molecule has 3 amide bonds. The van der Waals surface area contributed by atoms with E-state index in [4.69, 9.17) is 35.3 Å². The van der Waals surface area contributed by atoms with Crippen molar-refractivity contribution in [3.63, 3.8) is 0 Å². The van der Waals surface area contributed by atoms with Gasteiger partial charge in [0.05, 0.1) is 32.2 Å². The third-order valence-electron chi connectivity index (χ3n) is 10.4. The van der Waals surface area contributed by atoms with Crippen molar-refractivity contribution in [1.82, 2.24) is 10.2 Å². The third kappa shape index (κ3) is 9.24. The van der Waals surface area contributed by atoms with E-state index in [1.807, 2.05) is 32.9 Å². The molecule has 2 N–H and O–H groups in total. The van der Waals surface area contributed by atoms with Gasteiger partial charge in [-0.05, 0) is 63.6 Å². The first-order valence-electron chi connectivity index (χ1n) is 17.3. The minimum absolute atomic E-state index is 0.0486. The van der Waals surface area contributed by atoms with E-state index in [0.29, 0.717) is 37.3 Å². The molecule has 1 saturated heterocycles. The minimum Gasteiger partial charge on any atom is -0.495 e. The van der Waals surface area contributed by atoms with Gasteiger partial charge in [0.2, 0.25) is 11.8 Å². The first kappa shape index (κ1) is 40.1. The number of aliphatic hydroxyl groups is 1. The monoisotopic (exact) mass is 733 g/mol. The molecule has 1 aliphatic carbocycles. The number of halogens is 1. The average Bonchev–Trinajstić information content (AvgIpc) is 3.07. The Kier molecular flexibility index (Phi) is 13.2. The standard InChI is InChI=1S/C37H52ClN3O10/c1-9-49-14-13-31(42)40(5)23(3)34(44)51-30-18-32(43)41(6)26-16-24(17-27(47-7)33(26)38)15-22(2)11-10-12-29(48-8)37(46)21-28(50-35(45)39-37)25-19-36(30,4)20-25/h10-12,16-17,23,25,28-30,46H,9,13-15,18-21H2,1-8H3,(H,39,45)/b12-10+,22-11+/t23-,25?,28+,29-,30+,36?,37+/m1/s1. The molecule has 0 unspecified atom stereocenters. The number of ether oxygens (including phenoxy) is 5. The number of alkyl carbamates (subject to hydrolysis) is 1. The van der Waals surface area contributed by atoms with E-state index < -0.39 is 47.6 Å². The Morgan fingerprint density at radius 3 is 2.57 bits per heavy atom. The third-order valence-corrected chi connectivity index (χ3v) is 10.7. The molecule has 4 aliphatic rings. The zero-order valence-corrected chi connectivity index (χ0v) is 31.6. The summed E-state index contributed by atoms with van der Waals surface area (Å²) in [6.45, 7) is 7.96. The second-order valence-electron chi connectivity index (χ2n) is 14.1. The van der Waals surface area contributed by atoms with Gasteiger partial charge >= 0.3 is 12.1 Å². The lowest BCUT2D eigenvalue weighted by Crippen LogP contribution is -2.65. The number of esters is 1. The molecule has 14 heteroatoms. The van der Waals surface area contributed by atoms with Gasteiger partial charge < -0.3 is 38.6 Å². The number of hydrogen-bond acceptors (Lipinski definition) is 10. The fourth-order valence-corrected chi connectivity index (χ4v) is 7.39. The second-order valence-corrected chi connectivity index (χ2v) is 14.5. The van der Waals surface area contributed by atoms with Gasteiger partial charge in [-0.25, -0.2) is 9.59 Å². The summed E-state index contributed by atoms with van der Waals surface area (Å²) in [5.74, 6) is -1.11. The Morgan fingerprint density at radius 1 is 1.22 bits per heavy atom. The van der Waals surface area contributed by atoms with Gasteiger partial charge in [-0.3, -0.25) is 14.9 Å². The van der Waals surface area contributed by atoms with Gasteiger partial charge in [0, 0.05) is 39.6 Å². The molecular formula is C37H52ClN3O10. The number of nitrogens with zero attached hydrogens (tertiary/aromatic N) is 2. The Bertz CT molecular complexity index is 1530. The van der Waals surface area contributed by atoms with Gasteiger partial charge in [0.15, 0.2) is 5.72 Å². The van der Waals surface area contributed by atoms with Gasteiger partial charge in [-0.2, -0.15) is 0 Å². The number of nitrogens with one attached hydrogen (secondary N) is 1. The molecular weight excluding hydrogens is 682 g/mol. The van der Waals surface area contributed by atoms with Crippen LogP contribution in [0.4, 0.5) is 10.5 Å². The van der Waals surface area contributed by atoms with Crippen molar-refractivity contribution in [2.45, 2.75) is 96.3 Å². The zero-order valence-electron chi connectivity index (χ0n) is 30.8. The number of anilines is 1. The number of fused-ring (bicyclic) bond motifs is 6. The van der Waals surface area contributed by atoms with Gasteiger partial charge in [0.1, 0.15) is 35.1 Å². The van der Waals surface area contributed by atoms with Crippen molar-refractivity contribution in [1.29, 1.82) is 0 Å². The maximum Gasteiger partial charge on any atom is 0.409 e. The molecule has 6 bridgehead atoms. The first-order valence-corrected chi connectivity index (χ1v) is 17.7. The average molecular weight is 734 g/mol. The van der Waals surface area contributed by atoms with Crippen LogP contribution >= 0.6 is 11.6 Å². The molecule has 5 atom stereocenters. The summed E-state index contributed by atoms with van der Waals surface area (Å²) in [5, 5.41) is 14.5. The molecule has 0 radical (unpaired) electrons. The number of amides is 3. The molecule has 51 heavy (non-hydrogen) atoms. The molecule has 3 aliphatic heterocycles. The molecule has 2 fully saturated rings. The molecule has 1 aromatic rings. The largest absolute Gasteiger partial charge is 0.495 e. The Morgan fingerprint density at radius 2 is 1.92 bits per heavy atom. The first-order chi connectivity index (χ1) is 24.0. The van der Waals surface area contributed by atoms with Crippen molar-refractivity contribution in [3.05, 3.63) is 46.5 Å². The van der Waals surface area contributed by atoms with E-state index in [-0.39, 0.29) is 48.6 Å². The quantitative estimate of drug-likeness (QED) is 0.273. The summed E-state index contributed by atoms with van der Waals surface area (Å²) in [5.41, 5.74) is -0.257. The van der Waals surface area contributed by atoms with E-state index in [1.165, 1.54) is 31.1 Å². The lowest BCUT2D eigenvalue weighted by Gasteiger charge is -2.53. The summed E-state index contributed by atoms with van der Waals surface area (Å²) < 4.78 is 28.3. The van der Waals surface area contributed by atoms with Crippen LogP contribution in [0.25, 0.3) is 0 Å². The molecule has 5 rings (SSSR count). The van der Waals surface area contributed by atoms with Crippen molar-refractivity contribution in [3.8, 4) is 5.75 Å². The normalized spacial score (nSPS) is 30.5. The van der Waals surface area contributed by atoms with E-state index >= 15 is 0 Å². The Hall–Kier alpha value is -3.65. The maximum absolute atomic E-state index is 14.1. The van der Waals surface area contributed by atoms with Crippen LogP contribution in [0.3, 0.4) is 0 Å². The maximum atomic E-state index is 14.1. The highest BCUT2D eigenvalue weighted by atomic mass is 35.5. The number of methoxy groups -OCH3 is 2. The molecule has 1 aromatic carbocycles. The molecule has 282 valence electrons. The van der Waals surface area contributed by atoms with Gasteiger partial charge in [-0.1, -0.05) is 42.3 Å². The number of likely N-dealkylation sites (N-methyl/N-ethyl adjacent to an activating group) is 1. The van der Waals surface area contributed by atoms with E-state index in [9.17, 15) is 24.3 Å². The van der Waals surface area contributed by atoms with E-state index in [0.717, 1.165) is 11.1 Å². The Balaban J connectivity index is 1.71. The zero-order chi connectivity index (χ0) is 37.7. The summed E-state index contributed by atoms with van der Waals surface area (Å²) in [4.78, 5) is 56.0.